The third-order valence-electron chi connectivity index (χ3n) is 4.92. The Morgan fingerprint density at radius 2 is 1.52 bits per heavy atom. The summed E-state index contributed by atoms with van der Waals surface area (Å²) in [5, 5.41) is 15.4. The zero-order valence-electron chi connectivity index (χ0n) is 16.0. The second kappa shape index (κ2) is 7.62. The third kappa shape index (κ3) is 4.94. The summed E-state index contributed by atoms with van der Waals surface area (Å²) >= 11 is 0. The number of hydrazine groups is 2. The van der Waals surface area contributed by atoms with E-state index in [0.29, 0.717) is 11.7 Å². The van der Waals surface area contributed by atoms with E-state index in [1.807, 2.05) is 13.8 Å². The van der Waals surface area contributed by atoms with Crippen molar-refractivity contribution in [1.29, 1.82) is 5.26 Å². The van der Waals surface area contributed by atoms with Crippen molar-refractivity contribution in [2.75, 3.05) is 14.1 Å². The summed E-state index contributed by atoms with van der Waals surface area (Å²) in [4.78, 5) is 31.2. The van der Waals surface area contributed by atoms with Gasteiger partial charge in [-0.3, -0.25) is 30.5 Å². The number of aliphatic imine (C=N–C) groups is 1. The van der Waals surface area contributed by atoms with Crippen LogP contribution in [0.1, 0.15) is 46.0 Å². The minimum Gasteiger partial charge on any atom is -0.274 e. The Labute approximate surface area is 158 Å². The molecule has 10 heteroatoms. The number of nitriles is 1. The standard InChI is InChI=1S/C17H24N8O2/c1-16(6-7-16)14(20-11-18)24(4)22-12(26)10-13(27)23-25(5)15(21-19-3)17(2)8-9-17/h6-10H2,1-2,4-5H3,(H,22,26)(H,23,27)/b20-14?,21-15+. The van der Waals surface area contributed by atoms with Crippen LogP contribution in [0.4, 0.5) is 0 Å². The monoisotopic (exact) mass is 372 g/mol. The quantitative estimate of drug-likeness (QED) is 0.191. The van der Waals surface area contributed by atoms with E-state index in [4.69, 9.17) is 11.8 Å². The summed E-state index contributed by atoms with van der Waals surface area (Å²) < 4.78 is 0. The first kappa shape index (κ1) is 20.2. The highest BCUT2D eigenvalue weighted by Gasteiger charge is 2.47. The lowest BCUT2D eigenvalue weighted by Crippen LogP contribution is -2.50. The Kier molecular flexibility index (Phi) is 5.69. The van der Waals surface area contributed by atoms with Gasteiger partial charge in [0.1, 0.15) is 17.4 Å². The lowest BCUT2D eigenvalue weighted by atomic mass is 10.1. The molecule has 0 spiro atoms. The molecule has 0 aromatic rings. The number of carbonyl (C=O) groups is 2. The normalized spacial score (nSPS) is 19.2. The molecule has 0 aliphatic heterocycles. The molecule has 0 aromatic heterocycles. The molecule has 0 aromatic carbocycles. The van der Waals surface area contributed by atoms with Crippen molar-refractivity contribution in [1.82, 2.24) is 20.9 Å². The van der Waals surface area contributed by atoms with Crippen LogP contribution in [0.15, 0.2) is 10.1 Å². The second-order valence-electron chi connectivity index (χ2n) is 7.55. The molecular weight excluding hydrogens is 348 g/mol. The number of nitrogens with zero attached hydrogens (tertiary/aromatic N) is 6. The molecule has 0 radical (unpaired) electrons. The third-order valence-corrected chi connectivity index (χ3v) is 4.92. The van der Waals surface area contributed by atoms with Crippen LogP contribution in [0.2, 0.25) is 0 Å². The zero-order valence-corrected chi connectivity index (χ0v) is 16.0. The number of carbonyl (C=O) groups excluding carboxylic acids is 2. The molecule has 144 valence electrons. The number of hydrogen-bond acceptors (Lipinski definition) is 5. The molecule has 0 unspecified atom stereocenters. The fourth-order valence-electron chi connectivity index (χ4n) is 2.83. The van der Waals surface area contributed by atoms with Crippen molar-refractivity contribution in [2.24, 2.45) is 20.9 Å². The van der Waals surface area contributed by atoms with E-state index in [9.17, 15) is 9.59 Å². The van der Waals surface area contributed by atoms with Crippen molar-refractivity contribution in [3.63, 3.8) is 0 Å². The summed E-state index contributed by atoms with van der Waals surface area (Å²) in [6, 6.07) is 0. The molecule has 2 fully saturated rings. The van der Waals surface area contributed by atoms with Crippen molar-refractivity contribution < 1.29 is 9.59 Å². The molecular formula is C17H24N8O2. The van der Waals surface area contributed by atoms with Gasteiger partial charge in [0.15, 0.2) is 0 Å². The van der Waals surface area contributed by atoms with Crippen LogP contribution in [0.5, 0.6) is 0 Å². The molecule has 2 N–H and O–H groups in total. The Bertz CT molecular complexity index is 701. The molecule has 0 atom stereocenters. The molecule has 0 saturated heterocycles. The predicted molar refractivity (Wildman–Crippen MR) is 98.2 cm³/mol. The van der Waals surface area contributed by atoms with Crippen LogP contribution in [-0.2, 0) is 9.59 Å². The highest BCUT2D eigenvalue weighted by molar-refractivity contribution is 6.00. The fourth-order valence-corrected chi connectivity index (χ4v) is 2.83. The Hall–Kier alpha value is -3.14. The van der Waals surface area contributed by atoms with Gasteiger partial charge in [0, 0.05) is 24.9 Å². The Morgan fingerprint density at radius 1 is 1.07 bits per heavy atom. The van der Waals surface area contributed by atoms with Crippen LogP contribution in [0, 0.1) is 28.9 Å². The van der Waals surface area contributed by atoms with Gasteiger partial charge in [-0.1, -0.05) is 13.8 Å². The zero-order chi connectivity index (χ0) is 20.2. The summed E-state index contributed by atoms with van der Waals surface area (Å²) in [6.07, 6.45) is 4.91. The minimum atomic E-state index is -0.528. The molecule has 2 amide bonds. The van der Waals surface area contributed by atoms with E-state index in [1.54, 1.807) is 20.3 Å². The molecule has 0 bridgehead atoms. The van der Waals surface area contributed by atoms with Crippen molar-refractivity contribution >= 4 is 23.5 Å². The van der Waals surface area contributed by atoms with Gasteiger partial charge in [0.25, 0.3) is 0 Å². The van der Waals surface area contributed by atoms with E-state index in [2.05, 4.69) is 25.9 Å². The summed E-state index contributed by atoms with van der Waals surface area (Å²) in [7, 11) is 3.19. The first-order valence-electron chi connectivity index (χ1n) is 8.64. The van der Waals surface area contributed by atoms with Crippen LogP contribution in [0.25, 0.3) is 4.95 Å². The number of rotatable bonds is 4. The number of amides is 2. The molecule has 10 nitrogen and oxygen atoms in total. The van der Waals surface area contributed by atoms with E-state index in [-0.39, 0.29) is 10.8 Å². The smallest absolute Gasteiger partial charge is 0.248 e. The van der Waals surface area contributed by atoms with Crippen LogP contribution in [0.3, 0.4) is 0 Å². The number of hydrogen-bond donors (Lipinski definition) is 2. The molecule has 27 heavy (non-hydrogen) atoms. The number of amidine groups is 2. The first-order valence-corrected chi connectivity index (χ1v) is 8.64. The fraction of sp³-hybridized carbons (Fsp3) is 0.647. The average molecular weight is 372 g/mol. The summed E-state index contributed by atoms with van der Waals surface area (Å²) in [5.41, 5.74) is 4.71. The Morgan fingerprint density at radius 3 is 1.93 bits per heavy atom. The highest BCUT2D eigenvalue weighted by atomic mass is 16.2. The molecule has 2 aliphatic rings. The lowest BCUT2D eigenvalue weighted by molar-refractivity contribution is -0.132. The van der Waals surface area contributed by atoms with Crippen molar-refractivity contribution in [3.05, 3.63) is 11.5 Å². The topological polar surface area (TPSA) is 118 Å². The van der Waals surface area contributed by atoms with Crippen LogP contribution in [-0.4, -0.2) is 47.6 Å². The Balaban J connectivity index is 1.89. The maximum absolute atomic E-state index is 12.2. The van der Waals surface area contributed by atoms with Gasteiger partial charge in [-0.15, -0.1) is 4.95 Å². The van der Waals surface area contributed by atoms with Gasteiger partial charge in [-0.05, 0) is 25.7 Å². The summed E-state index contributed by atoms with van der Waals surface area (Å²) in [6.45, 7) is 10.9. The highest BCUT2D eigenvalue weighted by Crippen LogP contribution is 2.47. The van der Waals surface area contributed by atoms with Gasteiger partial charge in [-0.2, -0.15) is 16.8 Å². The second-order valence-corrected chi connectivity index (χ2v) is 7.55. The summed E-state index contributed by atoms with van der Waals surface area (Å²) in [5.74, 6) is -0.0983. The maximum atomic E-state index is 12.2. The lowest BCUT2D eigenvalue weighted by Gasteiger charge is -2.25. The van der Waals surface area contributed by atoms with Gasteiger partial charge in [-0.25, -0.2) is 0 Å². The minimum absolute atomic E-state index is 0.211. The average Bonchev–Trinajstić information content (AvgIpc) is 3.49. The molecule has 0 heterocycles. The van der Waals surface area contributed by atoms with Gasteiger partial charge < -0.3 is 0 Å². The van der Waals surface area contributed by atoms with E-state index >= 15 is 0 Å². The van der Waals surface area contributed by atoms with Gasteiger partial charge >= 0.3 is 0 Å². The van der Waals surface area contributed by atoms with Crippen LogP contribution < -0.4 is 10.9 Å². The van der Waals surface area contributed by atoms with E-state index in [1.165, 1.54) is 10.0 Å². The van der Waals surface area contributed by atoms with Gasteiger partial charge in [0.2, 0.25) is 23.8 Å². The largest absolute Gasteiger partial charge is 0.274 e. The molecule has 2 rings (SSSR count). The predicted octanol–water partition coefficient (Wildman–Crippen LogP) is 1.02. The van der Waals surface area contributed by atoms with Crippen molar-refractivity contribution in [3.8, 4) is 6.19 Å². The van der Waals surface area contributed by atoms with Gasteiger partial charge in [0.05, 0.1) is 0 Å². The first-order chi connectivity index (χ1) is 12.6. The maximum Gasteiger partial charge on any atom is 0.248 e. The van der Waals surface area contributed by atoms with Crippen LogP contribution >= 0.6 is 0 Å². The van der Waals surface area contributed by atoms with Crippen molar-refractivity contribution in [2.45, 2.75) is 46.0 Å². The van der Waals surface area contributed by atoms with E-state index in [0.717, 1.165) is 25.7 Å². The molecule has 2 saturated carbocycles. The number of nitrogens with one attached hydrogen (secondary N) is 2. The van der Waals surface area contributed by atoms with E-state index < -0.39 is 18.2 Å². The SMILES string of the molecule is [C-]#[N+]/N=C(/N(C)NC(=O)CC(=O)NN(C)C(=NC#N)C1(C)CC1)C1(C)CC1. The molecule has 2 aliphatic carbocycles.